The second kappa shape index (κ2) is 10.6. The number of nitrogens with zero attached hydrogens (tertiary/aromatic N) is 3. The highest BCUT2D eigenvalue weighted by molar-refractivity contribution is 6.36. The Morgan fingerprint density at radius 3 is 1.89 bits per heavy atom. The van der Waals surface area contributed by atoms with Gasteiger partial charge < -0.3 is 8.83 Å². The average Bonchev–Trinajstić information content (AvgIpc) is 3.91. The minimum absolute atomic E-state index is 0.490. The minimum Gasteiger partial charge on any atom is -0.453 e. The molecule has 8 aromatic carbocycles. The lowest BCUT2D eigenvalue weighted by molar-refractivity contribution is 0.651. The second-order valence-corrected chi connectivity index (χ2v) is 13.7. The first-order valence-corrected chi connectivity index (χ1v) is 17.8. The van der Waals surface area contributed by atoms with Crippen molar-refractivity contribution in [1.29, 1.82) is 0 Å². The molecule has 0 radical (unpaired) electrons. The molecule has 0 unspecified atom stereocenters. The maximum Gasteiger partial charge on any atom is 0.248 e. The van der Waals surface area contributed by atoms with Crippen LogP contribution in [0.15, 0.2) is 173 Å². The molecular weight excluding hydrogens is 651 g/mol. The smallest absolute Gasteiger partial charge is 0.248 e. The third-order valence-electron chi connectivity index (χ3n) is 10.8. The van der Waals surface area contributed by atoms with Crippen LogP contribution in [0.1, 0.15) is 0 Å². The molecule has 0 aliphatic heterocycles. The van der Waals surface area contributed by atoms with Gasteiger partial charge in [-0.05, 0) is 51.6 Å². The summed E-state index contributed by atoms with van der Waals surface area (Å²) in [7, 11) is 0. The number of hydrogen-bond acceptors (Lipinski definition) is 4. The summed E-state index contributed by atoms with van der Waals surface area (Å²) in [5.41, 5.74) is 9.65. The Labute approximate surface area is 302 Å². The normalized spacial score (nSPS) is 12.2. The first-order valence-electron chi connectivity index (χ1n) is 17.8. The largest absolute Gasteiger partial charge is 0.453 e. The summed E-state index contributed by atoms with van der Waals surface area (Å²) in [6.45, 7) is 0. The number of furan rings is 2. The number of para-hydroxylation sites is 2. The molecule has 12 aromatic rings. The number of hydrogen-bond donors (Lipinski definition) is 0. The molecule has 0 amide bonds. The molecule has 0 saturated carbocycles. The third kappa shape index (κ3) is 3.96. The van der Waals surface area contributed by atoms with Crippen molar-refractivity contribution in [2.75, 3.05) is 0 Å². The third-order valence-corrected chi connectivity index (χ3v) is 10.8. The Bertz CT molecular complexity index is 3440. The van der Waals surface area contributed by atoms with Crippen LogP contribution in [0.2, 0.25) is 0 Å². The van der Waals surface area contributed by atoms with Gasteiger partial charge in [-0.15, -0.1) is 0 Å². The molecule has 53 heavy (non-hydrogen) atoms. The molecule has 5 nitrogen and oxygen atoms in total. The van der Waals surface area contributed by atoms with E-state index in [9.17, 15) is 0 Å². The first kappa shape index (κ1) is 28.5. The van der Waals surface area contributed by atoms with Crippen molar-refractivity contribution in [3.8, 4) is 28.2 Å². The topological polar surface area (TPSA) is 57.0 Å². The molecule has 0 fully saturated rings. The highest BCUT2D eigenvalue weighted by Gasteiger charge is 2.27. The van der Waals surface area contributed by atoms with Gasteiger partial charge in [0.05, 0.1) is 11.0 Å². The van der Waals surface area contributed by atoms with Gasteiger partial charge in [0.2, 0.25) is 5.71 Å². The predicted octanol–water partition coefficient (Wildman–Crippen LogP) is 13.0. The molecule has 4 aromatic heterocycles. The van der Waals surface area contributed by atoms with Gasteiger partial charge in [-0.3, -0.25) is 4.57 Å². The summed E-state index contributed by atoms with van der Waals surface area (Å²) in [6, 6.07) is 57.2. The zero-order valence-electron chi connectivity index (χ0n) is 28.2. The maximum absolute atomic E-state index is 7.13. The number of benzene rings is 8. The summed E-state index contributed by atoms with van der Waals surface area (Å²) < 4.78 is 15.8. The minimum atomic E-state index is 0.490. The lowest BCUT2D eigenvalue weighted by atomic mass is 9.98. The lowest BCUT2D eigenvalue weighted by Crippen LogP contribution is -2.03. The van der Waals surface area contributed by atoms with Crippen LogP contribution in [-0.4, -0.2) is 14.5 Å². The molecule has 0 aliphatic carbocycles. The molecule has 0 N–H and O–H groups in total. The summed E-state index contributed by atoms with van der Waals surface area (Å²) in [6.07, 6.45) is 0. The highest BCUT2D eigenvalue weighted by atomic mass is 16.3. The summed E-state index contributed by atoms with van der Waals surface area (Å²) in [5, 5.41) is 9.88. The van der Waals surface area contributed by atoms with E-state index in [0.717, 1.165) is 104 Å². The molecule has 0 bridgehead atoms. The fourth-order valence-electron chi connectivity index (χ4n) is 8.44. The van der Waals surface area contributed by atoms with Crippen LogP contribution in [0.3, 0.4) is 0 Å². The van der Waals surface area contributed by atoms with Crippen molar-refractivity contribution in [1.82, 2.24) is 14.5 Å². The maximum atomic E-state index is 7.13. The van der Waals surface area contributed by atoms with Crippen LogP contribution >= 0.6 is 0 Å². The molecule has 5 heteroatoms. The lowest BCUT2D eigenvalue weighted by Gasteiger charge is -2.13. The first-order chi connectivity index (χ1) is 26.3. The van der Waals surface area contributed by atoms with E-state index in [1.54, 1.807) is 0 Å². The quantitative estimate of drug-likeness (QED) is 0.187. The zero-order chi connectivity index (χ0) is 34.6. The average molecular weight is 678 g/mol. The Morgan fingerprint density at radius 1 is 0.415 bits per heavy atom. The van der Waals surface area contributed by atoms with E-state index >= 15 is 0 Å². The summed E-state index contributed by atoms with van der Waals surface area (Å²) in [5.74, 6) is 0.678. The Balaban J connectivity index is 1.27. The van der Waals surface area contributed by atoms with Crippen LogP contribution in [0.25, 0.3) is 116 Å². The van der Waals surface area contributed by atoms with Crippen molar-refractivity contribution in [2.45, 2.75) is 0 Å². The Kier molecular flexibility index (Phi) is 5.71. The fraction of sp³-hybridized carbons (Fsp3) is 0. The SMILES string of the molecule is c1ccc(-c2ccc(-c3nc4c(nc3-n3c5ccccc5c5c6ccccc6c6c7ccc8ccccc8c7oc6c53)oc3ccccc34)cc2)cc1. The van der Waals surface area contributed by atoms with E-state index in [1.165, 1.54) is 0 Å². The van der Waals surface area contributed by atoms with Crippen LogP contribution in [-0.2, 0) is 0 Å². The molecular formula is C48H27N3O2. The van der Waals surface area contributed by atoms with Crippen molar-refractivity contribution < 1.29 is 8.83 Å². The van der Waals surface area contributed by atoms with Gasteiger partial charge in [-0.1, -0.05) is 140 Å². The highest BCUT2D eigenvalue weighted by Crippen LogP contribution is 2.47. The van der Waals surface area contributed by atoms with Gasteiger partial charge in [-0.2, -0.15) is 4.98 Å². The second-order valence-electron chi connectivity index (χ2n) is 13.7. The van der Waals surface area contributed by atoms with E-state index < -0.39 is 0 Å². The van der Waals surface area contributed by atoms with Gasteiger partial charge in [0.25, 0.3) is 0 Å². The van der Waals surface area contributed by atoms with Gasteiger partial charge in [0.1, 0.15) is 22.4 Å². The van der Waals surface area contributed by atoms with E-state index in [4.69, 9.17) is 18.8 Å². The van der Waals surface area contributed by atoms with E-state index in [-0.39, 0.29) is 0 Å². The summed E-state index contributed by atoms with van der Waals surface area (Å²) >= 11 is 0. The standard InChI is InChI=1S/C48H27N3O2/c1-2-12-28(13-3-1)29-22-24-31(25-23-29)42-47(50-48-43(49-42)36-19-9-11-21-39(36)52-48)51-38-20-10-8-18-35(38)40-33-16-6-7-17-34(33)41-37-27-26-30-14-4-5-15-32(30)45(37)53-46(41)44(40)51/h1-27H. The van der Waals surface area contributed by atoms with Crippen molar-refractivity contribution in [2.24, 2.45) is 0 Å². The van der Waals surface area contributed by atoms with Gasteiger partial charge in [-0.25, -0.2) is 4.98 Å². The van der Waals surface area contributed by atoms with Gasteiger partial charge in [0.15, 0.2) is 11.4 Å². The predicted molar refractivity (Wildman–Crippen MR) is 217 cm³/mol. The Hall–Kier alpha value is -7.24. The Morgan fingerprint density at radius 2 is 1.06 bits per heavy atom. The monoisotopic (exact) mass is 677 g/mol. The number of rotatable bonds is 3. The summed E-state index contributed by atoms with van der Waals surface area (Å²) in [4.78, 5) is 10.8. The van der Waals surface area contributed by atoms with Crippen molar-refractivity contribution >= 4 is 87.5 Å². The molecule has 0 spiro atoms. The van der Waals surface area contributed by atoms with Crippen LogP contribution in [0.4, 0.5) is 0 Å². The molecule has 4 heterocycles. The van der Waals surface area contributed by atoms with Crippen molar-refractivity contribution in [3.63, 3.8) is 0 Å². The number of fused-ring (bicyclic) bond motifs is 15. The number of aromatic nitrogens is 3. The molecule has 0 aliphatic rings. The molecule has 0 saturated heterocycles. The van der Waals surface area contributed by atoms with Crippen LogP contribution in [0, 0.1) is 0 Å². The molecule has 0 atom stereocenters. The molecule has 12 rings (SSSR count). The van der Waals surface area contributed by atoms with E-state index in [0.29, 0.717) is 11.5 Å². The van der Waals surface area contributed by atoms with Crippen LogP contribution < -0.4 is 0 Å². The van der Waals surface area contributed by atoms with Gasteiger partial charge >= 0.3 is 0 Å². The molecule has 246 valence electrons. The van der Waals surface area contributed by atoms with E-state index in [2.05, 4.69) is 138 Å². The van der Waals surface area contributed by atoms with Crippen molar-refractivity contribution in [3.05, 3.63) is 164 Å². The zero-order valence-corrected chi connectivity index (χ0v) is 28.2. The van der Waals surface area contributed by atoms with Gasteiger partial charge in [0, 0.05) is 37.9 Å². The fourth-order valence-corrected chi connectivity index (χ4v) is 8.44. The van der Waals surface area contributed by atoms with E-state index in [1.807, 2.05) is 30.3 Å². The van der Waals surface area contributed by atoms with Crippen LogP contribution in [0.5, 0.6) is 0 Å².